The Kier molecular flexibility index (Phi) is 6.54. The lowest BCUT2D eigenvalue weighted by Crippen LogP contribution is -2.55. The van der Waals surface area contributed by atoms with E-state index in [4.69, 9.17) is 4.98 Å². The molecule has 6 heteroatoms. The maximum Gasteiger partial charge on any atom is 0.252 e. The molecule has 1 N–H and O–H groups in total. The molecule has 4 rings (SSSR count). The lowest BCUT2D eigenvalue weighted by molar-refractivity contribution is -0.137. The molecule has 2 heterocycles. The van der Waals surface area contributed by atoms with E-state index in [1.165, 1.54) is 11.1 Å². The number of nitrogens with zero attached hydrogens (tertiary/aromatic N) is 3. The fraction of sp³-hybridized carbons (Fsp3) is 0.333. The monoisotopic (exact) mass is 442 g/mol. The zero-order chi connectivity index (χ0) is 23.4. The molecule has 170 valence electrons. The molecular weight excluding hydrogens is 412 g/mol. The number of aryl methyl sites for hydroxylation is 1. The summed E-state index contributed by atoms with van der Waals surface area (Å²) in [4.78, 5) is 37.3. The Hall–Kier alpha value is -3.54. The number of amides is 2. The molecule has 3 aromatic rings. The Bertz CT molecular complexity index is 1140. The lowest BCUT2D eigenvalue weighted by atomic mass is 10.0. The summed E-state index contributed by atoms with van der Waals surface area (Å²) >= 11 is 0. The van der Waals surface area contributed by atoms with Crippen molar-refractivity contribution in [2.75, 3.05) is 6.54 Å². The van der Waals surface area contributed by atoms with Crippen LogP contribution in [0.1, 0.15) is 65.6 Å². The highest BCUT2D eigenvalue weighted by Crippen LogP contribution is 2.32. The number of aromatic nitrogens is 2. The maximum atomic E-state index is 13.5. The summed E-state index contributed by atoms with van der Waals surface area (Å²) in [6, 6.07) is 17.2. The Morgan fingerprint density at radius 3 is 2.64 bits per heavy atom. The normalized spacial score (nSPS) is 16.0. The minimum atomic E-state index is -1.04. The van der Waals surface area contributed by atoms with Crippen LogP contribution in [0.3, 0.4) is 0 Å². The third kappa shape index (κ3) is 5.28. The number of hydrogen-bond acceptors (Lipinski definition) is 4. The van der Waals surface area contributed by atoms with Crippen LogP contribution in [0.5, 0.6) is 0 Å². The molecule has 0 spiro atoms. The second kappa shape index (κ2) is 9.53. The molecule has 1 aliphatic heterocycles. The first-order valence-corrected chi connectivity index (χ1v) is 11.4. The molecule has 1 aliphatic rings. The van der Waals surface area contributed by atoms with Crippen LogP contribution in [0.2, 0.25) is 0 Å². The van der Waals surface area contributed by atoms with Gasteiger partial charge in [0.2, 0.25) is 5.91 Å². The smallest absolute Gasteiger partial charge is 0.252 e. The maximum absolute atomic E-state index is 13.5. The van der Waals surface area contributed by atoms with Crippen molar-refractivity contribution in [1.82, 2.24) is 20.2 Å². The van der Waals surface area contributed by atoms with Gasteiger partial charge in [0.25, 0.3) is 5.91 Å². The van der Waals surface area contributed by atoms with Crippen LogP contribution in [0.4, 0.5) is 0 Å². The number of rotatable bonds is 6. The molecule has 0 bridgehead atoms. The minimum Gasteiger partial charge on any atom is -0.338 e. The van der Waals surface area contributed by atoms with Crippen molar-refractivity contribution in [2.45, 2.75) is 51.6 Å². The van der Waals surface area contributed by atoms with Crippen LogP contribution in [-0.4, -0.2) is 38.8 Å². The van der Waals surface area contributed by atoms with Gasteiger partial charge in [0, 0.05) is 24.7 Å². The van der Waals surface area contributed by atoms with Crippen molar-refractivity contribution in [3.63, 3.8) is 0 Å². The molecule has 1 saturated heterocycles. The summed E-state index contributed by atoms with van der Waals surface area (Å²) in [5, 5.41) is 2.90. The summed E-state index contributed by atoms with van der Waals surface area (Å²) in [6.45, 7) is 6.22. The first kappa shape index (κ1) is 22.6. The number of likely N-dealkylation sites (tertiary alicyclic amines) is 1. The zero-order valence-corrected chi connectivity index (χ0v) is 19.4. The molecule has 6 nitrogen and oxygen atoms in total. The summed E-state index contributed by atoms with van der Waals surface area (Å²) in [7, 11) is 0. The SMILES string of the molecule is Cc1cccc(Cc2cncc(C3CCCN3C(=O)C(C)(C)NC(=O)c3ccccc3)n2)c1. The molecule has 2 aromatic carbocycles. The van der Waals surface area contributed by atoms with Gasteiger partial charge < -0.3 is 10.2 Å². The van der Waals surface area contributed by atoms with Gasteiger partial charge in [-0.15, -0.1) is 0 Å². The molecule has 1 atom stereocenters. The zero-order valence-electron chi connectivity index (χ0n) is 19.4. The molecule has 2 amide bonds. The van der Waals surface area contributed by atoms with Crippen LogP contribution in [0.15, 0.2) is 67.0 Å². The van der Waals surface area contributed by atoms with Crippen molar-refractivity contribution < 1.29 is 9.59 Å². The summed E-state index contributed by atoms with van der Waals surface area (Å²) in [6.07, 6.45) is 5.96. The topological polar surface area (TPSA) is 75.2 Å². The third-order valence-electron chi connectivity index (χ3n) is 6.02. The highest BCUT2D eigenvalue weighted by Gasteiger charge is 2.40. The van der Waals surface area contributed by atoms with E-state index in [0.29, 0.717) is 18.5 Å². The van der Waals surface area contributed by atoms with E-state index < -0.39 is 5.54 Å². The summed E-state index contributed by atoms with van der Waals surface area (Å²) in [5.41, 5.74) is 3.58. The first-order valence-electron chi connectivity index (χ1n) is 11.4. The van der Waals surface area contributed by atoms with Gasteiger partial charge in [0.1, 0.15) is 5.54 Å². The second-order valence-electron chi connectivity index (χ2n) is 9.20. The van der Waals surface area contributed by atoms with Gasteiger partial charge in [0.15, 0.2) is 0 Å². The Balaban J connectivity index is 1.50. The number of hydrogen-bond donors (Lipinski definition) is 1. The summed E-state index contributed by atoms with van der Waals surface area (Å²) < 4.78 is 0. The van der Waals surface area contributed by atoms with E-state index in [0.717, 1.165) is 24.2 Å². The molecular formula is C27H30N4O2. The molecule has 33 heavy (non-hydrogen) atoms. The van der Waals surface area contributed by atoms with Crippen molar-refractivity contribution in [2.24, 2.45) is 0 Å². The third-order valence-corrected chi connectivity index (χ3v) is 6.02. The van der Waals surface area contributed by atoms with Crippen molar-refractivity contribution >= 4 is 11.8 Å². The van der Waals surface area contributed by atoms with Crippen molar-refractivity contribution in [1.29, 1.82) is 0 Å². The highest BCUT2D eigenvalue weighted by molar-refractivity contribution is 5.99. The Morgan fingerprint density at radius 1 is 1.09 bits per heavy atom. The molecule has 1 fully saturated rings. The van der Waals surface area contributed by atoms with Gasteiger partial charge in [-0.05, 0) is 51.3 Å². The number of carbonyl (C=O) groups is 2. The number of carbonyl (C=O) groups excluding carboxylic acids is 2. The molecule has 1 unspecified atom stereocenters. The second-order valence-corrected chi connectivity index (χ2v) is 9.20. The van der Waals surface area contributed by atoms with Crippen molar-refractivity contribution in [3.05, 3.63) is 95.1 Å². The van der Waals surface area contributed by atoms with E-state index in [1.54, 1.807) is 38.4 Å². The molecule has 0 aliphatic carbocycles. The van der Waals surface area contributed by atoms with E-state index in [1.807, 2.05) is 29.2 Å². The predicted molar refractivity (Wildman–Crippen MR) is 128 cm³/mol. The van der Waals surface area contributed by atoms with E-state index in [-0.39, 0.29) is 17.9 Å². The Labute approximate surface area is 195 Å². The Morgan fingerprint density at radius 2 is 1.88 bits per heavy atom. The molecule has 1 aromatic heterocycles. The van der Waals surface area contributed by atoms with E-state index in [2.05, 4.69) is 35.4 Å². The lowest BCUT2D eigenvalue weighted by Gasteiger charge is -2.33. The van der Waals surface area contributed by atoms with Crippen LogP contribution in [-0.2, 0) is 11.2 Å². The van der Waals surface area contributed by atoms with Crippen molar-refractivity contribution in [3.8, 4) is 0 Å². The largest absolute Gasteiger partial charge is 0.338 e. The van der Waals surface area contributed by atoms with Gasteiger partial charge in [-0.1, -0.05) is 48.0 Å². The van der Waals surface area contributed by atoms with E-state index in [9.17, 15) is 9.59 Å². The minimum absolute atomic E-state index is 0.111. The molecule has 0 radical (unpaired) electrons. The predicted octanol–water partition coefficient (Wildman–Crippen LogP) is 4.25. The fourth-order valence-electron chi connectivity index (χ4n) is 4.38. The average molecular weight is 443 g/mol. The van der Waals surface area contributed by atoms with Crippen LogP contribution in [0, 0.1) is 6.92 Å². The average Bonchev–Trinajstić information content (AvgIpc) is 3.29. The standard InChI is InChI=1S/C27H30N4O2/c1-19-9-7-10-20(15-19)16-22-17-28-18-23(29-22)24-13-8-14-31(24)26(33)27(2,3)30-25(32)21-11-5-4-6-12-21/h4-7,9-12,15,17-18,24H,8,13-14,16H2,1-3H3,(H,30,32). The number of nitrogens with one attached hydrogen (secondary N) is 1. The highest BCUT2D eigenvalue weighted by atomic mass is 16.2. The van der Waals surface area contributed by atoms with Crippen LogP contribution in [0.25, 0.3) is 0 Å². The van der Waals surface area contributed by atoms with Gasteiger partial charge >= 0.3 is 0 Å². The number of benzene rings is 2. The van der Waals surface area contributed by atoms with Gasteiger partial charge in [-0.3, -0.25) is 19.6 Å². The van der Waals surface area contributed by atoms with Gasteiger partial charge in [-0.2, -0.15) is 0 Å². The van der Waals surface area contributed by atoms with Crippen LogP contribution >= 0.6 is 0 Å². The fourth-order valence-corrected chi connectivity index (χ4v) is 4.38. The molecule has 0 saturated carbocycles. The quantitative estimate of drug-likeness (QED) is 0.619. The van der Waals surface area contributed by atoms with Gasteiger partial charge in [0.05, 0.1) is 23.6 Å². The summed E-state index contributed by atoms with van der Waals surface area (Å²) in [5.74, 6) is -0.371. The first-order chi connectivity index (χ1) is 15.8. The van der Waals surface area contributed by atoms with Gasteiger partial charge in [-0.25, -0.2) is 0 Å². The van der Waals surface area contributed by atoms with E-state index >= 15 is 0 Å². The van der Waals surface area contributed by atoms with Crippen LogP contribution < -0.4 is 5.32 Å².